The lowest BCUT2D eigenvalue weighted by Crippen LogP contribution is -2.36. The summed E-state index contributed by atoms with van der Waals surface area (Å²) in [5.41, 5.74) is 1.39. The summed E-state index contributed by atoms with van der Waals surface area (Å²) in [5, 5.41) is 6.43. The Morgan fingerprint density at radius 1 is 1.26 bits per heavy atom. The van der Waals surface area contributed by atoms with Gasteiger partial charge < -0.3 is 10.6 Å². The molecule has 1 aromatic rings. The maximum atomic E-state index is 11.4. The monoisotopic (exact) mass is 260 g/mol. The van der Waals surface area contributed by atoms with Crippen LogP contribution < -0.4 is 10.6 Å². The smallest absolute Gasteiger partial charge is 0.223 e. The average Bonchev–Trinajstić information content (AvgIpc) is 3.27. The van der Waals surface area contributed by atoms with Gasteiger partial charge >= 0.3 is 0 Å². The van der Waals surface area contributed by atoms with E-state index in [-0.39, 0.29) is 5.91 Å². The minimum Gasteiger partial charge on any atom is -0.355 e. The van der Waals surface area contributed by atoms with Crippen molar-refractivity contribution in [3.05, 3.63) is 35.9 Å². The number of rotatable bonds is 8. The largest absolute Gasteiger partial charge is 0.355 e. The van der Waals surface area contributed by atoms with E-state index in [1.807, 2.05) is 6.07 Å². The molecule has 2 rings (SSSR count). The van der Waals surface area contributed by atoms with E-state index in [4.69, 9.17) is 0 Å². The van der Waals surface area contributed by atoms with Crippen molar-refractivity contribution < 1.29 is 4.79 Å². The normalized spacial score (nSPS) is 16.1. The zero-order valence-corrected chi connectivity index (χ0v) is 11.7. The number of amides is 1. The van der Waals surface area contributed by atoms with E-state index in [1.54, 1.807) is 0 Å². The van der Waals surface area contributed by atoms with Crippen molar-refractivity contribution in [3.8, 4) is 0 Å². The SMILES string of the molecule is CC(CCc1ccccc1)NCCNC(=O)C1CC1. The molecule has 0 radical (unpaired) electrons. The van der Waals surface area contributed by atoms with Crippen LogP contribution in [0.25, 0.3) is 0 Å². The summed E-state index contributed by atoms with van der Waals surface area (Å²) in [5.74, 6) is 0.550. The molecule has 19 heavy (non-hydrogen) atoms. The van der Waals surface area contributed by atoms with Crippen LogP contribution >= 0.6 is 0 Å². The molecule has 3 nitrogen and oxygen atoms in total. The first-order valence-corrected chi connectivity index (χ1v) is 7.30. The van der Waals surface area contributed by atoms with Crippen LogP contribution in [-0.2, 0) is 11.2 Å². The van der Waals surface area contributed by atoms with E-state index < -0.39 is 0 Å². The molecule has 1 unspecified atom stereocenters. The molecule has 1 fully saturated rings. The molecular weight excluding hydrogens is 236 g/mol. The Kier molecular flexibility index (Phi) is 5.40. The van der Waals surface area contributed by atoms with Gasteiger partial charge in [0.2, 0.25) is 5.91 Å². The Labute approximate surface area is 115 Å². The highest BCUT2D eigenvalue weighted by atomic mass is 16.2. The number of carbonyl (C=O) groups excluding carboxylic acids is 1. The van der Waals surface area contributed by atoms with Crippen LogP contribution in [0.4, 0.5) is 0 Å². The number of nitrogens with one attached hydrogen (secondary N) is 2. The first-order valence-electron chi connectivity index (χ1n) is 7.30. The summed E-state index contributed by atoms with van der Waals surface area (Å²) in [6.45, 7) is 3.80. The van der Waals surface area contributed by atoms with Gasteiger partial charge in [0, 0.05) is 25.0 Å². The molecule has 1 atom stereocenters. The molecule has 1 aliphatic rings. The summed E-state index contributed by atoms with van der Waals surface area (Å²) in [4.78, 5) is 11.4. The highest BCUT2D eigenvalue weighted by molar-refractivity contribution is 5.80. The van der Waals surface area contributed by atoms with Crippen molar-refractivity contribution in [2.24, 2.45) is 5.92 Å². The molecule has 1 saturated carbocycles. The molecule has 1 amide bonds. The standard InChI is InChI=1S/C16H24N2O/c1-13(7-8-14-5-3-2-4-6-14)17-11-12-18-16(19)15-9-10-15/h2-6,13,15,17H,7-12H2,1H3,(H,18,19). The van der Waals surface area contributed by atoms with Crippen LogP contribution in [0, 0.1) is 5.92 Å². The summed E-state index contributed by atoms with van der Waals surface area (Å²) < 4.78 is 0. The van der Waals surface area contributed by atoms with E-state index in [0.717, 1.165) is 38.8 Å². The number of benzene rings is 1. The van der Waals surface area contributed by atoms with Crippen molar-refractivity contribution in [3.63, 3.8) is 0 Å². The second-order valence-electron chi connectivity index (χ2n) is 5.44. The van der Waals surface area contributed by atoms with Gasteiger partial charge in [-0.15, -0.1) is 0 Å². The number of carbonyl (C=O) groups is 1. The number of hydrogen-bond donors (Lipinski definition) is 2. The predicted octanol–water partition coefficient (Wildman–Crippen LogP) is 2.12. The molecule has 0 bridgehead atoms. The molecular formula is C16H24N2O. The third kappa shape index (κ3) is 5.43. The zero-order valence-electron chi connectivity index (χ0n) is 11.7. The summed E-state index contributed by atoms with van der Waals surface area (Å²) in [7, 11) is 0. The van der Waals surface area contributed by atoms with Gasteiger partial charge in [0.1, 0.15) is 0 Å². The fourth-order valence-electron chi connectivity index (χ4n) is 2.12. The van der Waals surface area contributed by atoms with Crippen LogP contribution in [0.2, 0.25) is 0 Å². The molecule has 1 aromatic carbocycles. The Bertz CT molecular complexity index is 387. The van der Waals surface area contributed by atoms with Crippen LogP contribution in [0.5, 0.6) is 0 Å². The minimum absolute atomic E-state index is 0.235. The van der Waals surface area contributed by atoms with E-state index in [9.17, 15) is 4.79 Å². The first kappa shape index (κ1) is 14.1. The molecule has 1 aliphatic carbocycles. The molecule has 104 valence electrons. The zero-order chi connectivity index (χ0) is 13.5. The second kappa shape index (κ2) is 7.29. The lowest BCUT2D eigenvalue weighted by molar-refractivity contribution is -0.122. The molecule has 0 aliphatic heterocycles. The maximum Gasteiger partial charge on any atom is 0.223 e. The number of hydrogen-bond acceptors (Lipinski definition) is 2. The Morgan fingerprint density at radius 2 is 2.00 bits per heavy atom. The van der Waals surface area contributed by atoms with Gasteiger partial charge in [0.25, 0.3) is 0 Å². The Hall–Kier alpha value is -1.35. The van der Waals surface area contributed by atoms with Crippen molar-refractivity contribution in [1.29, 1.82) is 0 Å². The molecule has 0 saturated heterocycles. The van der Waals surface area contributed by atoms with E-state index in [2.05, 4.69) is 41.8 Å². The summed E-state index contributed by atoms with van der Waals surface area (Å²) in [6, 6.07) is 11.0. The first-order chi connectivity index (χ1) is 9.25. The van der Waals surface area contributed by atoms with Gasteiger partial charge in [-0.3, -0.25) is 4.79 Å². The van der Waals surface area contributed by atoms with Gasteiger partial charge in [-0.1, -0.05) is 30.3 Å². The third-order valence-corrected chi connectivity index (χ3v) is 3.57. The maximum absolute atomic E-state index is 11.4. The summed E-state index contributed by atoms with van der Waals surface area (Å²) >= 11 is 0. The van der Waals surface area contributed by atoms with Crippen molar-refractivity contribution in [2.75, 3.05) is 13.1 Å². The van der Waals surface area contributed by atoms with Gasteiger partial charge in [0.05, 0.1) is 0 Å². The second-order valence-corrected chi connectivity index (χ2v) is 5.44. The Morgan fingerprint density at radius 3 is 2.68 bits per heavy atom. The topological polar surface area (TPSA) is 41.1 Å². The van der Waals surface area contributed by atoms with Crippen LogP contribution in [-0.4, -0.2) is 25.0 Å². The average molecular weight is 260 g/mol. The predicted molar refractivity (Wildman–Crippen MR) is 78.0 cm³/mol. The van der Waals surface area contributed by atoms with Gasteiger partial charge in [0.15, 0.2) is 0 Å². The van der Waals surface area contributed by atoms with Gasteiger partial charge in [-0.2, -0.15) is 0 Å². The quantitative estimate of drug-likeness (QED) is 0.703. The van der Waals surface area contributed by atoms with Crippen molar-refractivity contribution in [1.82, 2.24) is 10.6 Å². The van der Waals surface area contributed by atoms with E-state index in [0.29, 0.717) is 12.0 Å². The highest BCUT2D eigenvalue weighted by Gasteiger charge is 2.28. The molecule has 0 spiro atoms. The third-order valence-electron chi connectivity index (χ3n) is 3.57. The van der Waals surface area contributed by atoms with E-state index in [1.165, 1.54) is 5.56 Å². The van der Waals surface area contributed by atoms with Gasteiger partial charge in [-0.25, -0.2) is 0 Å². The number of aryl methyl sites for hydroxylation is 1. The lowest BCUT2D eigenvalue weighted by atomic mass is 10.1. The fourth-order valence-corrected chi connectivity index (χ4v) is 2.12. The van der Waals surface area contributed by atoms with Crippen molar-refractivity contribution >= 4 is 5.91 Å². The minimum atomic E-state index is 0.235. The molecule has 0 aromatic heterocycles. The molecule has 2 N–H and O–H groups in total. The van der Waals surface area contributed by atoms with E-state index >= 15 is 0 Å². The van der Waals surface area contributed by atoms with Crippen LogP contribution in [0.1, 0.15) is 31.7 Å². The Balaban J connectivity index is 1.52. The van der Waals surface area contributed by atoms with Crippen molar-refractivity contribution in [2.45, 2.75) is 38.6 Å². The summed E-state index contributed by atoms with van der Waals surface area (Å²) in [6.07, 6.45) is 4.38. The highest BCUT2D eigenvalue weighted by Crippen LogP contribution is 2.28. The molecule has 0 heterocycles. The molecule has 3 heteroatoms. The lowest BCUT2D eigenvalue weighted by Gasteiger charge is -2.14. The van der Waals surface area contributed by atoms with Crippen LogP contribution in [0.3, 0.4) is 0 Å². The fraction of sp³-hybridized carbons (Fsp3) is 0.562. The van der Waals surface area contributed by atoms with Crippen LogP contribution in [0.15, 0.2) is 30.3 Å². The van der Waals surface area contributed by atoms with Gasteiger partial charge in [-0.05, 0) is 38.2 Å².